The lowest BCUT2D eigenvalue weighted by molar-refractivity contribution is 0.688. The van der Waals surface area contributed by atoms with Gasteiger partial charge in [0.15, 0.2) is 0 Å². The molecule has 3 nitrogen and oxygen atoms in total. The van der Waals surface area contributed by atoms with Crippen molar-refractivity contribution in [3.63, 3.8) is 0 Å². The number of nitrogen functional groups attached to an aromatic ring is 1. The van der Waals surface area contributed by atoms with E-state index >= 15 is 0 Å². The van der Waals surface area contributed by atoms with Crippen LogP contribution in [0.4, 0.5) is 11.4 Å². The Kier molecular flexibility index (Phi) is 4.08. The third kappa shape index (κ3) is 2.88. The van der Waals surface area contributed by atoms with Gasteiger partial charge in [-0.2, -0.15) is 5.26 Å². The van der Waals surface area contributed by atoms with Gasteiger partial charge >= 0.3 is 0 Å². The van der Waals surface area contributed by atoms with Crippen LogP contribution >= 0.6 is 11.3 Å². The van der Waals surface area contributed by atoms with Gasteiger partial charge in [-0.25, -0.2) is 0 Å². The second kappa shape index (κ2) is 5.77. The van der Waals surface area contributed by atoms with Gasteiger partial charge in [-0.05, 0) is 37.4 Å². The molecule has 0 aliphatic heterocycles. The number of nitrogens with two attached hydrogens (primary N) is 1. The maximum atomic E-state index is 9.07. The number of benzene rings is 1. The summed E-state index contributed by atoms with van der Waals surface area (Å²) in [5.74, 6) is 0. The maximum absolute atomic E-state index is 9.07. The summed E-state index contributed by atoms with van der Waals surface area (Å²) >= 11 is 1.73. The van der Waals surface area contributed by atoms with Gasteiger partial charge in [0.25, 0.3) is 0 Å². The molecule has 0 aliphatic rings. The van der Waals surface area contributed by atoms with E-state index in [4.69, 9.17) is 11.0 Å². The highest BCUT2D eigenvalue weighted by atomic mass is 32.1. The third-order valence-corrected chi connectivity index (χ3v) is 3.90. The van der Waals surface area contributed by atoms with Gasteiger partial charge in [0.05, 0.1) is 23.5 Å². The van der Waals surface area contributed by atoms with Gasteiger partial charge in [0, 0.05) is 10.9 Å². The van der Waals surface area contributed by atoms with Gasteiger partial charge < -0.3 is 10.6 Å². The van der Waals surface area contributed by atoms with Crippen LogP contribution in [0.2, 0.25) is 0 Å². The number of anilines is 2. The Morgan fingerprint density at radius 3 is 2.68 bits per heavy atom. The second-order valence-electron chi connectivity index (χ2n) is 4.65. The Hall–Kier alpha value is -1.99. The van der Waals surface area contributed by atoms with Crippen LogP contribution in [0, 0.1) is 11.3 Å². The van der Waals surface area contributed by atoms with Crippen molar-refractivity contribution in [2.75, 3.05) is 10.6 Å². The SMILES string of the molecule is CC(C)N(Cc1cccs1)c1cccc(C#N)c1N. The monoisotopic (exact) mass is 271 g/mol. The van der Waals surface area contributed by atoms with Gasteiger partial charge in [-0.1, -0.05) is 12.1 Å². The summed E-state index contributed by atoms with van der Waals surface area (Å²) < 4.78 is 0. The fourth-order valence-corrected chi connectivity index (χ4v) is 2.72. The molecular weight excluding hydrogens is 254 g/mol. The van der Waals surface area contributed by atoms with Gasteiger partial charge in [-0.15, -0.1) is 11.3 Å². The summed E-state index contributed by atoms with van der Waals surface area (Å²) in [7, 11) is 0. The van der Waals surface area contributed by atoms with Crippen molar-refractivity contribution >= 4 is 22.7 Å². The van der Waals surface area contributed by atoms with E-state index < -0.39 is 0 Å². The first-order valence-corrected chi connectivity index (χ1v) is 7.09. The number of nitrogens with zero attached hydrogens (tertiary/aromatic N) is 2. The topological polar surface area (TPSA) is 53.0 Å². The molecule has 98 valence electrons. The number of hydrogen-bond acceptors (Lipinski definition) is 4. The minimum atomic E-state index is 0.318. The predicted molar refractivity (Wildman–Crippen MR) is 81.2 cm³/mol. The van der Waals surface area contributed by atoms with Crippen LogP contribution in [0.3, 0.4) is 0 Å². The first-order valence-electron chi connectivity index (χ1n) is 6.21. The van der Waals surface area contributed by atoms with Crippen LogP contribution < -0.4 is 10.6 Å². The lowest BCUT2D eigenvalue weighted by Gasteiger charge is -2.30. The number of para-hydroxylation sites is 1. The molecule has 0 aliphatic carbocycles. The van der Waals surface area contributed by atoms with Crippen LogP contribution in [0.5, 0.6) is 0 Å². The highest BCUT2D eigenvalue weighted by Crippen LogP contribution is 2.29. The summed E-state index contributed by atoms with van der Waals surface area (Å²) in [4.78, 5) is 3.51. The van der Waals surface area contributed by atoms with E-state index in [1.807, 2.05) is 18.2 Å². The van der Waals surface area contributed by atoms with E-state index in [9.17, 15) is 0 Å². The zero-order valence-corrected chi connectivity index (χ0v) is 11.9. The van der Waals surface area contributed by atoms with Crippen LogP contribution in [-0.4, -0.2) is 6.04 Å². The largest absolute Gasteiger partial charge is 0.396 e. The summed E-state index contributed by atoms with van der Waals surface area (Å²) in [6.07, 6.45) is 0. The summed E-state index contributed by atoms with van der Waals surface area (Å²) in [6, 6.07) is 12.2. The molecule has 1 aromatic carbocycles. The molecule has 0 unspecified atom stereocenters. The minimum absolute atomic E-state index is 0.318. The van der Waals surface area contributed by atoms with Gasteiger partial charge in [0.2, 0.25) is 0 Å². The molecule has 0 bridgehead atoms. The Balaban J connectivity index is 2.37. The third-order valence-electron chi connectivity index (χ3n) is 3.04. The van der Waals surface area contributed by atoms with Gasteiger partial charge in [0.1, 0.15) is 6.07 Å². The molecule has 0 fully saturated rings. The number of thiophene rings is 1. The molecule has 0 radical (unpaired) electrons. The fraction of sp³-hybridized carbons (Fsp3) is 0.267. The highest BCUT2D eigenvalue weighted by Gasteiger charge is 2.16. The number of nitriles is 1. The van der Waals surface area contributed by atoms with Crippen molar-refractivity contribution in [1.29, 1.82) is 5.26 Å². The van der Waals surface area contributed by atoms with Crippen molar-refractivity contribution in [2.45, 2.75) is 26.4 Å². The molecule has 4 heteroatoms. The predicted octanol–water partition coefficient (Wildman–Crippen LogP) is 3.62. The van der Waals surface area contributed by atoms with E-state index in [1.54, 1.807) is 17.4 Å². The van der Waals surface area contributed by atoms with Crippen molar-refractivity contribution in [1.82, 2.24) is 0 Å². The highest BCUT2D eigenvalue weighted by molar-refractivity contribution is 7.09. The zero-order chi connectivity index (χ0) is 13.8. The lowest BCUT2D eigenvalue weighted by atomic mass is 10.1. The standard InChI is InChI=1S/C15H17N3S/c1-11(2)18(10-13-6-4-8-19-13)14-7-3-5-12(9-16)15(14)17/h3-8,11H,10,17H2,1-2H3. The first-order chi connectivity index (χ1) is 9.13. The molecule has 1 aromatic heterocycles. The van der Waals surface area contributed by atoms with E-state index in [-0.39, 0.29) is 0 Å². The molecule has 0 saturated heterocycles. The Morgan fingerprint density at radius 1 is 1.32 bits per heavy atom. The first kappa shape index (κ1) is 13.4. The van der Waals surface area contributed by atoms with Crippen LogP contribution in [-0.2, 0) is 6.54 Å². The molecule has 0 atom stereocenters. The fourth-order valence-electron chi connectivity index (χ4n) is 2.02. The van der Waals surface area contributed by atoms with Crippen LogP contribution in [0.15, 0.2) is 35.7 Å². The second-order valence-corrected chi connectivity index (χ2v) is 5.68. The Bertz CT molecular complexity index is 582. The van der Waals surface area contributed by atoms with Crippen molar-refractivity contribution in [2.24, 2.45) is 0 Å². The minimum Gasteiger partial charge on any atom is -0.396 e. The summed E-state index contributed by atoms with van der Waals surface area (Å²) in [6.45, 7) is 5.08. The van der Waals surface area contributed by atoms with Crippen molar-refractivity contribution in [3.8, 4) is 6.07 Å². The van der Waals surface area contributed by atoms with E-state index in [0.29, 0.717) is 17.3 Å². The number of rotatable bonds is 4. The van der Waals surface area contributed by atoms with Crippen LogP contribution in [0.1, 0.15) is 24.3 Å². The van der Waals surface area contributed by atoms with Gasteiger partial charge in [-0.3, -0.25) is 0 Å². The average molecular weight is 271 g/mol. The van der Waals surface area contributed by atoms with E-state index in [0.717, 1.165) is 12.2 Å². The smallest absolute Gasteiger partial charge is 0.101 e. The van der Waals surface area contributed by atoms with E-state index in [2.05, 4.69) is 36.3 Å². The summed E-state index contributed by atoms with van der Waals surface area (Å²) in [5, 5.41) is 11.1. The molecule has 0 spiro atoms. The lowest BCUT2D eigenvalue weighted by Crippen LogP contribution is -2.30. The maximum Gasteiger partial charge on any atom is 0.101 e. The quantitative estimate of drug-likeness (QED) is 0.864. The Morgan fingerprint density at radius 2 is 2.11 bits per heavy atom. The van der Waals surface area contributed by atoms with E-state index in [1.165, 1.54) is 4.88 Å². The molecule has 0 amide bonds. The molecule has 1 heterocycles. The molecule has 19 heavy (non-hydrogen) atoms. The average Bonchev–Trinajstić information content (AvgIpc) is 2.89. The van der Waals surface area contributed by atoms with Crippen molar-refractivity contribution < 1.29 is 0 Å². The molecule has 0 saturated carbocycles. The Labute approximate surface area is 117 Å². The molecule has 2 rings (SSSR count). The van der Waals surface area contributed by atoms with Crippen molar-refractivity contribution in [3.05, 3.63) is 46.2 Å². The number of hydrogen-bond donors (Lipinski definition) is 1. The molecule has 2 N–H and O–H groups in total. The van der Waals surface area contributed by atoms with Crippen LogP contribution in [0.25, 0.3) is 0 Å². The normalized spacial score (nSPS) is 10.4. The zero-order valence-electron chi connectivity index (χ0n) is 11.1. The summed E-state index contributed by atoms with van der Waals surface area (Å²) in [5.41, 5.74) is 8.14. The molecular formula is C15H17N3S. The molecule has 2 aromatic rings.